The Bertz CT molecular complexity index is 1290. The first-order chi connectivity index (χ1) is 17.4. The summed E-state index contributed by atoms with van der Waals surface area (Å²) in [6.45, 7) is 6.88. The van der Waals surface area contributed by atoms with E-state index in [1.807, 2.05) is 0 Å². The number of esters is 3. The summed E-state index contributed by atoms with van der Waals surface area (Å²) in [6, 6.07) is 18.0. The van der Waals surface area contributed by atoms with Crippen LogP contribution >= 0.6 is 0 Å². The molecule has 0 radical (unpaired) electrons. The molecular weight excluding hydrogens is 463 g/mol. The van der Waals surface area contributed by atoms with Crippen molar-refractivity contribution in [3.05, 3.63) is 115 Å². The van der Waals surface area contributed by atoms with Crippen LogP contribution in [0.2, 0.25) is 0 Å². The van der Waals surface area contributed by atoms with Crippen molar-refractivity contribution in [2.24, 2.45) is 0 Å². The summed E-state index contributed by atoms with van der Waals surface area (Å²) >= 11 is 0. The van der Waals surface area contributed by atoms with E-state index in [2.05, 4.69) is 13.2 Å². The Kier molecular flexibility index (Phi) is 9.06. The highest BCUT2D eigenvalue weighted by Crippen LogP contribution is 2.25. The van der Waals surface area contributed by atoms with Gasteiger partial charge in [-0.05, 0) is 53.1 Å². The molecule has 6 nitrogen and oxygen atoms in total. The van der Waals surface area contributed by atoms with Gasteiger partial charge in [0.05, 0.1) is 6.61 Å². The second-order valence-electron chi connectivity index (χ2n) is 7.41. The largest absolute Gasteiger partial charge is 0.462 e. The topological polar surface area (TPSA) is 78.9 Å². The second-order valence-corrected chi connectivity index (χ2v) is 7.41. The summed E-state index contributed by atoms with van der Waals surface area (Å²) in [5, 5.41) is 0. The van der Waals surface area contributed by atoms with Gasteiger partial charge in [0.25, 0.3) is 0 Å². The van der Waals surface area contributed by atoms with Gasteiger partial charge in [-0.25, -0.2) is 18.8 Å². The highest BCUT2D eigenvalue weighted by Gasteiger charge is 2.07. The van der Waals surface area contributed by atoms with Gasteiger partial charge in [0.1, 0.15) is 17.3 Å². The third-order valence-corrected chi connectivity index (χ3v) is 4.92. The highest BCUT2D eigenvalue weighted by molar-refractivity contribution is 5.89. The van der Waals surface area contributed by atoms with Crippen LogP contribution in [0.5, 0.6) is 11.5 Å². The maximum atomic E-state index is 14.6. The molecule has 3 aromatic carbocycles. The summed E-state index contributed by atoms with van der Waals surface area (Å²) < 4.78 is 29.8. The third kappa shape index (κ3) is 7.63. The van der Waals surface area contributed by atoms with Crippen LogP contribution in [0.4, 0.5) is 4.39 Å². The van der Waals surface area contributed by atoms with Crippen molar-refractivity contribution >= 4 is 24.0 Å². The molecule has 0 aromatic heterocycles. The van der Waals surface area contributed by atoms with Gasteiger partial charge in [0.15, 0.2) is 0 Å². The van der Waals surface area contributed by atoms with Crippen LogP contribution in [0.1, 0.15) is 11.1 Å². The molecule has 0 unspecified atom stereocenters. The average molecular weight is 486 g/mol. The first-order valence-corrected chi connectivity index (χ1v) is 10.9. The number of ether oxygens (including phenoxy) is 3. The monoisotopic (exact) mass is 486 g/mol. The van der Waals surface area contributed by atoms with Gasteiger partial charge < -0.3 is 14.2 Å². The molecule has 3 aromatic rings. The Balaban J connectivity index is 1.56. The minimum Gasteiger partial charge on any atom is -0.462 e. The smallest absolute Gasteiger partial charge is 0.336 e. The molecule has 0 fully saturated rings. The van der Waals surface area contributed by atoms with Crippen LogP contribution in [0.3, 0.4) is 0 Å². The van der Waals surface area contributed by atoms with Gasteiger partial charge in [-0.2, -0.15) is 0 Å². The first kappa shape index (κ1) is 25.8. The number of halogens is 1. The fourth-order valence-corrected chi connectivity index (χ4v) is 3.08. The number of rotatable bonds is 10. The molecule has 0 saturated heterocycles. The summed E-state index contributed by atoms with van der Waals surface area (Å²) in [6.07, 6.45) is 5.15. The van der Waals surface area contributed by atoms with Crippen molar-refractivity contribution in [2.45, 2.75) is 6.42 Å². The van der Waals surface area contributed by atoms with Crippen molar-refractivity contribution in [1.29, 1.82) is 0 Å². The molecule has 0 bridgehead atoms. The van der Waals surface area contributed by atoms with E-state index in [-0.39, 0.29) is 12.2 Å². The third-order valence-electron chi connectivity index (χ3n) is 4.92. The molecule has 36 heavy (non-hydrogen) atoms. The van der Waals surface area contributed by atoms with Crippen molar-refractivity contribution in [1.82, 2.24) is 0 Å². The van der Waals surface area contributed by atoms with Crippen molar-refractivity contribution in [3.8, 4) is 22.6 Å². The lowest BCUT2D eigenvalue weighted by atomic mass is 10.0. The molecule has 0 heterocycles. The maximum absolute atomic E-state index is 14.6. The Hall–Kier alpha value is -4.78. The zero-order valence-electron chi connectivity index (χ0n) is 19.3. The van der Waals surface area contributed by atoms with Gasteiger partial charge in [-0.3, -0.25) is 0 Å². The molecule has 0 atom stereocenters. The molecule has 0 saturated carbocycles. The minimum atomic E-state index is -0.657. The minimum absolute atomic E-state index is 0.216. The number of carbonyl (C=O) groups excluding carboxylic acids is 3. The van der Waals surface area contributed by atoms with Crippen LogP contribution in [0, 0.1) is 5.82 Å². The number of hydrogen-bond acceptors (Lipinski definition) is 6. The van der Waals surface area contributed by atoms with E-state index in [1.165, 1.54) is 12.1 Å². The van der Waals surface area contributed by atoms with Crippen LogP contribution < -0.4 is 9.47 Å². The Morgan fingerprint density at radius 1 is 0.750 bits per heavy atom. The Morgan fingerprint density at radius 3 is 1.94 bits per heavy atom. The van der Waals surface area contributed by atoms with E-state index in [0.29, 0.717) is 23.5 Å². The molecule has 0 aliphatic carbocycles. The van der Waals surface area contributed by atoms with Gasteiger partial charge in [-0.15, -0.1) is 0 Å². The SMILES string of the molecule is C=CC(=O)OCCc1ccc(OC(=O)/C=C/c2ccc(-c3ccc(OC(=O)C=C)cc3)cc2F)cc1. The lowest BCUT2D eigenvalue weighted by molar-refractivity contribution is -0.137. The number of hydrogen-bond donors (Lipinski definition) is 0. The molecule has 182 valence electrons. The standard InChI is InChI=1S/C29H23FO6/c1-3-27(31)34-18-17-20-5-12-24(13-6-20)36-29(33)16-11-22-7-8-23(19-26(22)30)21-9-14-25(15-10-21)35-28(32)4-2/h3-16,19H,1-2,17-18H2/b16-11+. The lowest BCUT2D eigenvalue weighted by Crippen LogP contribution is -2.05. The van der Waals surface area contributed by atoms with E-state index in [0.717, 1.165) is 29.4 Å². The van der Waals surface area contributed by atoms with E-state index in [4.69, 9.17) is 14.2 Å². The van der Waals surface area contributed by atoms with Crippen LogP contribution in [-0.4, -0.2) is 24.5 Å². The highest BCUT2D eigenvalue weighted by atomic mass is 19.1. The second kappa shape index (κ2) is 12.6. The number of carbonyl (C=O) groups is 3. The van der Waals surface area contributed by atoms with Crippen LogP contribution in [0.15, 0.2) is 98.1 Å². The molecule has 0 spiro atoms. The summed E-state index contributed by atoms with van der Waals surface area (Å²) in [5.41, 5.74) is 2.46. The van der Waals surface area contributed by atoms with Crippen LogP contribution in [0.25, 0.3) is 17.2 Å². The quantitative estimate of drug-likeness (QED) is 0.215. The zero-order chi connectivity index (χ0) is 25.9. The number of benzene rings is 3. The summed E-state index contributed by atoms with van der Waals surface area (Å²) in [5.74, 6) is -1.54. The Labute approximate surface area is 207 Å². The fourth-order valence-electron chi connectivity index (χ4n) is 3.08. The molecule has 0 amide bonds. The molecule has 3 rings (SSSR count). The average Bonchev–Trinajstić information content (AvgIpc) is 2.89. The van der Waals surface area contributed by atoms with Gasteiger partial charge >= 0.3 is 17.9 Å². The van der Waals surface area contributed by atoms with Gasteiger partial charge in [0, 0.05) is 30.2 Å². The maximum Gasteiger partial charge on any atom is 0.336 e. The predicted molar refractivity (Wildman–Crippen MR) is 134 cm³/mol. The summed E-state index contributed by atoms with van der Waals surface area (Å²) in [7, 11) is 0. The van der Waals surface area contributed by atoms with E-state index in [9.17, 15) is 18.8 Å². The van der Waals surface area contributed by atoms with Crippen molar-refractivity contribution in [3.63, 3.8) is 0 Å². The van der Waals surface area contributed by atoms with E-state index in [1.54, 1.807) is 60.7 Å². The zero-order valence-corrected chi connectivity index (χ0v) is 19.3. The molecule has 0 aliphatic heterocycles. The van der Waals surface area contributed by atoms with Crippen LogP contribution in [-0.2, 0) is 25.5 Å². The fraction of sp³-hybridized carbons (Fsp3) is 0.0690. The summed E-state index contributed by atoms with van der Waals surface area (Å²) in [4.78, 5) is 34.5. The van der Waals surface area contributed by atoms with Gasteiger partial charge in [0.2, 0.25) is 0 Å². The molecular formula is C29H23FO6. The molecule has 7 heteroatoms. The van der Waals surface area contributed by atoms with E-state index < -0.39 is 23.7 Å². The predicted octanol–water partition coefficient (Wildman–Crippen LogP) is 5.47. The van der Waals surface area contributed by atoms with E-state index >= 15 is 0 Å². The normalized spacial score (nSPS) is 10.5. The Morgan fingerprint density at radius 2 is 1.33 bits per heavy atom. The van der Waals surface area contributed by atoms with Gasteiger partial charge in [-0.1, -0.05) is 49.6 Å². The van der Waals surface area contributed by atoms with Crippen molar-refractivity contribution in [2.75, 3.05) is 6.61 Å². The molecule has 0 N–H and O–H groups in total. The first-order valence-electron chi connectivity index (χ1n) is 10.9. The van der Waals surface area contributed by atoms with Crippen molar-refractivity contribution < 1.29 is 33.0 Å². The molecule has 0 aliphatic rings. The lowest BCUT2D eigenvalue weighted by Gasteiger charge is -2.06.